The van der Waals surface area contributed by atoms with Crippen molar-refractivity contribution in [1.29, 1.82) is 0 Å². The highest BCUT2D eigenvalue weighted by Crippen LogP contribution is 2.29. The molecule has 1 aliphatic heterocycles. The van der Waals surface area contributed by atoms with Gasteiger partial charge >= 0.3 is 0 Å². The second kappa shape index (κ2) is 6.39. The van der Waals surface area contributed by atoms with Gasteiger partial charge in [0.2, 0.25) is 5.91 Å². The van der Waals surface area contributed by atoms with Crippen LogP contribution in [0.4, 0.5) is 0 Å². The standard InChI is InChI=1S/C14H26N2O/c1-16(13-9-10-15-11-13)14(17)8-4-7-12-5-2-3-6-12/h12-13,15H,2-11H2,1H3. The average molecular weight is 238 g/mol. The van der Waals surface area contributed by atoms with Crippen molar-refractivity contribution >= 4 is 5.91 Å². The van der Waals surface area contributed by atoms with E-state index < -0.39 is 0 Å². The molecule has 3 nitrogen and oxygen atoms in total. The van der Waals surface area contributed by atoms with E-state index >= 15 is 0 Å². The van der Waals surface area contributed by atoms with Crippen molar-refractivity contribution in [1.82, 2.24) is 10.2 Å². The first-order valence-electron chi connectivity index (χ1n) is 7.24. The molecule has 3 heteroatoms. The van der Waals surface area contributed by atoms with E-state index in [0.29, 0.717) is 11.9 Å². The van der Waals surface area contributed by atoms with Crippen LogP contribution in [0.25, 0.3) is 0 Å². The first-order chi connectivity index (χ1) is 8.27. The lowest BCUT2D eigenvalue weighted by molar-refractivity contribution is -0.131. The Labute approximate surface area is 105 Å². The minimum Gasteiger partial charge on any atom is -0.341 e. The van der Waals surface area contributed by atoms with E-state index in [2.05, 4.69) is 5.32 Å². The van der Waals surface area contributed by atoms with Gasteiger partial charge in [0.1, 0.15) is 0 Å². The van der Waals surface area contributed by atoms with E-state index in [0.717, 1.165) is 38.3 Å². The molecule has 1 amide bonds. The molecule has 98 valence electrons. The number of nitrogens with one attached hydrogen (secondary N) is 1. The highest BCUT2D eigenvalue weighted by Gasteiger charge is 2.23. The fourth-order valence-corrected chi connectivity index (χ4v) is 3.19. The van der Waals surface area contributed by atoms with Gasteiger partial charge in [0.25, 0.3) is 0 Å². The fraction of sp³-hybridized carbons (Fsp3) is 0.929. The van der Waals surface area contributed by atoms with E-state index in [9.17, 15) is 4.79 Å². The molecule has 0 aromatic heterocycles. The second-order valence-corrected chi connectivity index (χ2v) is 5.69. The number of carbonyl (C=O) groups is 1. The molecule has 0 radical (unpaired) electrons. The van der Waals surface area contributed by atoms with Crippen LogP contribution in [0, 0.1) is 5.92 Å². The molecular weight excluding hydrogens is 212 g/mol. The van der Waals surface area contributed by atoms with Gasteiger partial charge < -0.3 is 10.2 Å². The van der Waals surface area contributed by atoms with Gasteiger partial charge in [-0.1, -0.05) is 25.7 Å². The molecule has 0 bridgehead atoms. The summed E-state index contributed by atoms with van der Waals surface area (Å²) in [6.45, 7) is 2.04. The molecule has 0 aromatic rings. The number of rotatable bonds is 5. The topological polar surface area (TPSA) is 32.3 Å². The number of carbonyl (C=O) groups excluding carboxylic acids is 1. The molecule has 17 heavy (non-hydrogen) atoms. The Hall–Kier alpha value is -0.570. The number of amides is 1. The Morgan fingerprint density at radius 1 is 1.29 bits per heavy atom. The van der Waals surface area contributed by atoms with Crippen molar-refractivity contribution in [3.63, 3.8) is 0 Å². The predicted octanol–water partition coefficient (Wildman–Crippen LogP) is 2.17. The van der Waals surface area contributed by atoms with Crippen LogP contribution in [0.2, 0.25) is 0 Å². The SMILES string of the molecule is CN(C(=O)CCCC1CCCC1)C1CCNC1. The second-order valence-electron chi connectivity index (χ2n) is 5.69. The lowest BCUT2D eigenvalue weighted by atomic mass is 10.0. The zero-order valence-corrected chi connectivity index (χ0v) is 11.1. The predicted molar refractivity (Wildman–Crippen MR) is 69.9 cm³/mol. The van der Waals surface area contributed by atoms with Crippen molar-refractivity contribution in [2.24, 2.45) is 5.92 Å². The third-order valence-corrected chi connectivity index (χ3v) is 4.45. The summed E-state index contributed by atoms with van der Waals surface area (Å²) in [5.74, 6) is 1.26. The number of likely N-dealkylation sites (N-methyl/N-ethyl adjacent to an activating group) is 1. The number of hydrogen-bond donors (Lipinski definition) is 1. The summed E-state index contributed by atoms with van der Waals surface area (Å²) < 4.78 is 0. The lowest BCUT2D eigenvalue weighted by Crippen LogP contribution is -2.38. The molecule has 1 saturated heterocycles. The maximum Gasteiger partial charge on any atom is 0.222 e. The molecule has 2 fully saturated rings. The fourth-order valence-electron chi connectivity index (χ4n) is 3.19. The molecule has 1 saturated carbocycles. The van der Waals surface area contributed by atoms with E-state index in [-0.39, 0.29) is 0 Å². The van der Waals surface area contributed by atoms with Gasteiger partial charge in [-0.3, -0.25) is 4.79 Å². The molecule has 1 unspecified atom stereocenters. The summed E-state index contributed by atoms with van der Waals surface area (Å²) in [6.07, 6.45) is 9.84. The van der Waals surface area contributed by atoms with Gasteiger partial charge in [0.15, 0.2) is 0 Å². The van der Waals surface area contributed by atoms with E-state index in [4.69, 9.17) is 0 Å². The van der Waals surface area contributed by atoms with Gasteiger partial charge in [0.05, 0.1) is 0 Å². The Morgan fingerprint density at radius 2 is 2.06 bits per heavy atom. The van der Waals surface area contributed by atoms with Gasteiger partial charge in [0, 0.05) is 26.1 Å². The summed E-state index contributed by atoms with van der Waals surface area (Å²) in [4.78, 5) is 14.0. The molecule has 0 spiro atoms. The first kappa shape index (κ1) is 12.9. The van der Waals surface area contributed by atoms with Gasteiger partial charge in [-0.05, 0) is 31.7 Å². The van der Waals surface area contributed by atoms with Crippen LogP contribution in [0.3, 0.4) is 0 Å². The summed E-state index contributed by atoms with van der Waals surface area (Å²) in [6, 6.07) is 0.439. The maximum absolute atomic E-state index is 12.0. The third-order valence-electron chi connectivity index (χ3n) is 4.45. The summed E-state index contributed by atoms with van der Waals surface area (Å²) in [5, 5.41) is 3.32. The van der Waals surface area contributed by atoms with Crippen LogP contribution in [-0.2, 0) is 4.79 Å². The average Bonchev–Trinajstić information content (AvgIpc) is 3.00. The molecule has 1 N–H and O–H groups in total. The first-order valence-corrected chi connectivity index (χ1v) is 7.24. The molecule has 0 aromatic carbocycles. The van der Waals surface area contributed by atoms with E-state index in [1.807, 2.05) is 11.9 Å². The molecule has 1 atom stereocenters. The molecule has 2 aliphatic rings. The number of nitrogens with zero attached hydrogens (tertiary/aromatic N) is 1. The van der Waals surface area contributed by atoms with Gasteiger partial charge in [-0.25, -0.2) is 0 Å². The van der Waals surface area contributed by atoms with Crippen LogP contribution in [0.5, 0.6) is 0 Å². The highest BCUT2D eigenvalue weighted by molar-refractivity contribution is 5.76. The van der Waals surface area contributed by atoms with E-state index in [1.165, 1.54) is 32.1 Å². The Morgan fingerprint density at radius 3 is 2.71 bits per heavy atom. The van der Waals surface area contributed by atoms with Crippen molar-refractivity contribution in [3.8, 4) is 0 Å². The Kier molecular flexibility index (Phi) is 4.84. The Balaban J connectivity index is 1.62. The van der Waals surface area contributed by atoms with Crippen molar-refractivity contribution < 1.29 is 4.79 Å². The van der Waals surface area contributed by atoms with Crippen LogP contribution in [0.1, 0.15) is 51.4 Å². The zero-order valence-electron chi connectivity index (χ0n) is 11.1. The summed E-state index contributed by atoms with van der Waals surface area (Å²) >= 11 is 0. The monoisotopic (exact) mass is 238 g/mol. The molecule has 2 rings (SSSR count). The van der Waals surface area contributed by atoms with Crippen LogP contribution >= 0.6 is 0 Å². The van der Waals surface area contributed by atoms with Gasteiger partial charge in [-0.2, -0.15) is 0 Å². The van der Waals surface area contributed by atoms with E-state index in [1.54, 1.807) is 0 Å². The van der Waals surface area contributed by atoms with Crippen molar-refractivity contribution in [3.05, 3.63) is 0 Å². The smallest absolute Gasteiger partial charge is 0.222 e. The van der Waals surface area contributed by atoms with Crippen molar-refractivity contribution in [2.45, 2.75) is 57.4 Å². The molecular formula is C14H26N2O. The molecule has 1 heterocycles. The summed E-state index contributed by atoms with van der Waals surface area (Å²) in [7, 11) is 1.97. The maximum atomic E-state index is 12.0. The highest BCUT2D eigenvalue weighted by atomic mass is 16.2. The largest absolute Gasteiger partial charge is 0.341 e. The van der Waals surface area contributed by atoms with Crippen LogP contribution < -0.4 is 5.32 Å². The van der Waals surface area contributed by atoms with Crippen LogP contribution in [0.15, 0.2) is 0 Å². The lowest BCUT2D eigenvalue weighted by Gasteiger charge is -2.24. The zero-order chi connectivity index (χ0) is 12.1. The van der Waals surface area contributed by atoms with Gasteiger partial charge in [-0.15, -0.1) is 0 Å². The molecule has 1 aliphatic carbocycles. The third kappa shape index (κ3) is 3.70. The minimum absolute atomic E-state index is 0.344. The Bertz CT molecular complexity index is 243. The van der Waals surface area contributed by atoms with Crippen molar-refractivity contribution in [2.75, 3.05) is 20.1 Å². The van der Waals surface area contributed by atoms with Crippen LogP contribution in [-0.4, -0.2) is 37.0 Å². The number of hydrogen-bond acceptors (Lipinski definition) is 2. The quantitative estimate of drug-likeness (QED) is 0.796. The summed E-state index contributed by atoms with van der Waals surface area (Å²) in [5.41, 5.74) is 0. The normalized spacial score (nSPS) is 25.4. The minimum atomic E-state index is 0.344.